The fourth-order valence-corrected chi connectivity index (χ4v) is 2.15. The Hall–Kier alpha value is -2.30. The molecule has 0 fully saturated rings. The highest BCUT2D eigenvalue weighted by Gasteiger charge is 2.14. The minimum atomic E-state index is -0.295. The van der Waals surface area contributed by atoms with Gasteiger partial charge in [0.15, 0.2) is 11.6 Å². The first-order valence-corrected chi connectivity index (χ1v) is 6.13. The summed E-state index contributed by atoms with van der Waals surface area (Å²) in [6.07, 6.45) is 2.44. The van der Waals surface area contributed by atoms with Gasteiger partial charge < -0.3 is 0 Å². The largest absolute Gasteiger partial charge is 0.255 e. The van der Waals surface area contributed by atoms with Gasteiger partial charge >= 0.3 is 0 Å². The smallest absolute Gasteiger partial charge is 0.160 e. The van der Waals surface area contributed by atoms with Gasteiger partial charge in [-0.1, -0.05) is 13.0 Å². The number of aromatic nitrogens is 4. The maximum absolute atomic E-state index is 13.7. The Morgan fingerprint density at radius 3 is 2.89 bits per heavy atom. The summed E-state index contributed by atoms with van der Waals surface area (Å²) in [5, 5.41) is 5.06. The Labute approximate surface area is 109 Å². The van der Waals surface area contributed by atoms with Gasteiger partial charge in [0.2, 0.25) is 0 Å². The molecule has 1 aromatic carbocycles. The molecule has 0 amide bonds. The fraction of sp³-hybridized carbons (Fsp3) is 0.214. The van der Waals surface area contributed by atoms with Crippen LogP contribution in [0.2, 0.25) is 0 Å². The second-order valence-corrected chi connectivity index (χ2v) is 4.36. The molecule has 0 aliphatic heterocycles. The van der Waals surface area contributed by atoms with Crippen molar-refractivity contribution in [2.24, 2.45) is 7.05 Å². The molecule has 0 radical (unpaired) electrons. The van der Waals surface area contributed by atoms with Crippen LogP contribution in [0.1, 0.15) is 12.7 Å². The lowest BCUT2D eigenvalue weighted by atomic mass is 10.1. The maximum Gasteiger partial charge on any atom is 0.160 e. The van der Waals surface area contributed by atoms with E-state index in [0.29, 0.717) is 11.4 Å². The monoisotopic (exact) mass is 256 g/mol. The van der Waals surface area contributed by atoms with Crippen LogP contribution >= 0.6 is 0 Å². The molecule has 3 aromatic rings. The minimum absolute atomic E-state index is 0.295. The van der Waals surface area contributed by atoms with Gasteiger partial charge in [0.05, 0.1) is 5.52 Å². The van der Waals surface area contributed by atoms with Crippen molar-refractivity contribution in [3.8, 4) is 11.4 Å². The standard InChI is InChI=1S/C14H13FN4/c1-3-12-17-14(19(2)18-12)11-8-10(15)7-9-5-4-6-16-13(9)11/h4-8H,3H2,1-2H3. The molecule has 0 atom stereocenters. The molecule has 0 aliphatic rings. The third-order valence-corrected chi connectivity index (χ3v) is 3.03. The van der Waals surface area contributed by atoms with Crippen molar-refractivity contribution in [3.05, 3.63) is 42.1 Å². The SMILES string of the molecule is CCc1nc(-c2cc(F)cc3cccnc23)n(C)n1. The average Bonchev–Trinajstić information content (AvgIpc) is 2.79. The molecule has 2 aromatic heterocycles. The zero-order chi connectivity index (χ0) is 13.4. The predicted octanol–water partition coefficient (Wildman–Crippen LogP) is 2.73. The van der Waals surface area contributed by atoms with E-state index in [1.54, 1.807) is 24.0 Å². The van der Waals surface area contributed by atoms with E-state index in [-0.39, 0.29) is 5.82 Å². The highest BCUT2D eigenvalue weighted by Crippen LogP contribution is 2.26. The Kier molecular flexibility index (Phi) is 2.74. The second kappa shape index (κ2) is 4.42. The van der Waals surface area contributed by atoms with Crippen LogP contribution in [0, 0.1) is 5.82 Å². The lowest BCUT2D eigenvalue weighted by Gasteiger charge is -2.05. The van der Waals surface area contributed by atoms with Crippen molar-refractivity contribution in [1.29, 1.82) is 0 Å². The normalized spacial score (nSPS) is 11.1. The fourth-order valence-electron chi connectivity index (χ4n) is 2.15. The molecule has 0 saturated heterocycles. The molecule has 0 saturated carbocycles. The molecule has 0 aliphatic carbocycles. The van der Waals surface area contributed by atoms with Gasteiger partial charge in [-0.3, -0.25) is 4.98 Å². The van der Waals surface area contributed by atoms with E-state index >= 15 is 0 Å². The van der Waals surface area contributed by atoms with Gasteiger partial charge in [0, 0.05) is 30.6 Å². The lowest BCUT2D eigenvalue weighted by Crippen LogP contribution is -1.97. The Morgan fingerprint density at radius 1 is 1.32 bits per heavy atom. The van der Waals surface area contributed by atoms with E-state index in [1.807, 2.05) is 13.0 Å². The van der Waals surface area contributed by atoms with Crippen LogP contribution in [-0.2, 0) is 13.5 Å². The van der Waals surface area contributed by atoms with Crippen molar-refractivity contribution in [3.63, 3.8) is 0 Å². The third-order valence-electron chi connectivity index (χ3n) is 3.03. The highest BCUT2D eigenvalue weighted by molar-refractivity contribution is 5.91. The summed E-state index contributed by atoms with van der Waals surface area (Å²) < 4.78 is 15.4. The molecule has 0 bridgehead atoms. The number of nitrogens with zero attached hydrogens (tertiary/aromatic N) is 4. The summed E-state index contributed by atoms with van der Waals surface area (Å²) in [5.41, 5.74) is 1.41. The summed E-state index contributed by atoms with van der Waals surface area (Å²) >= 11 is 0. The number of hydrogen-bond acceptors (Lipinski definition) is 3. The van der Waals surface area contributed by atoms with E-state index in [9.17, 15) is 4.39 Å². The van der Waals surface area contributed by atoms with E-state index < -0.39 is 0 Å². The topological polar surface area (TPSA) is 43.6 Å². The molecular formula is C14H13FN4. The van der Waals surface area contributed by atoms with Crippen LogP contribution in [-0.4, -0.2) is 19.7 Å². The molecule has 0 unspecified atom stereocenters. The van der Waals surface area contributed by atoms with Gasteiger partial charge in [-0.05, 0) is 18.2 Å². The van der Waals surface area contributed by atoms with Crippen LogP contribution in [0.5, 0.6) is 0 Å². The Morgan fingerprint density at radius 2 is 2.16 bits per heavy atom. The van der Waals surface area contributed by atoms with Crippen LogP contribution in [0.15, 0.2) is 30.5 Å². The van der Waals surface area contributed by atoms with Gasteiger partial charge in [0.25, 0.3) is 0 Å². The molecule has 3 rings (SSSR count). The number of hydrogen-bond donors (Lipinski definition) is 0. The maximum atomic E-state index is 13.7. The molecular weight excluding hydrogens is 243 g/mol. The third kappa shape index (κ3) is 1.97. The van der Waals surface area contributed by atoms with E-state index in [4.69, 9.17) is 0 Å². The summed E-state index contributed by atoms with van der Waals surface area (Å²) in [4.78, 5) is 8.76. The predicted molar refractivity (Wildman–Crippen MR) is 71.1 cm³/mol. The highest BCUT2D eigenvalue weighted by atomic mass is 19.1. The minimum Gasteiger partial charge on any atom is -0.255 e. The zero-order valence-corrected chi connectivity index (χ0v) is 10.8. The van der Waals surface area contributed by atoms with Gasteiger partial charge in [-0.15, -0.1) is 0 Å². The van der Waals surface area contributed by atoms with Crippen LogP contribution < -0.4 is 0 Å². The average molecular weight is 256 g/mol. The second-order valence-electron chi connectivity index (χ2n) is 4.36. The number of benzene rings is 1. The molecule has 0 N–H and O–H groups in total. The number of halogens is 1. The van der Waals surface area contributed by atoms with Crippen LogP contribution in [0.3, 0.4) is 0 Å². The van der Waals surface area contributed by atoms with Crippen molar-refractivity contribution >= 4 is 10.9 Å². The molecule has 0 spiro atoms. The summed E-state index contributed by atoms with van der Waals surface area (Å²) in [6.45, 7) is 1.99. The lowest BCUT2D eigenvalue weighted by molar-refractivity contribution is 0.629. The molecule has 96 valence electrons. The molecule has 5 heteroatoms. The van der Waals surface area contributed by atoms with Crippen molar-refractivity contribution in [1.82, 2.24) is 19.7 Å². The van der Waals surface area contributed by atoms with E-state index in [1.165, 1.54) is 12.1 Å². The summed E-state index contributed by atoms with van der Waals surface area (Å²) in [7, 11) is 1.81. The number of aryl methyl sites for hydroxylation is 2. The van der Waals surface area contributed by atoms with Crippen molar-refractivity contribution < 1.29 is 4.39 Å². The molecule has 4 nitrogen and oxygen atoms in total. The summed E-state index contributed by atoms with van der Waals surface area (Å²) in [6, 6.07) is 6.56. The quantitative estimate of drug-likeness (QED) is 0.708. The number of rotatable bonds is 2. The Bertz CT molecular complexity index is 748. The first-order valence-electron chi connectivity index (χ1n) is 6.13. The van der Waals surface area contributed by atoms with Crippen molar-refractivity contribution in [2.45, 2.75) is 13.3 Å². The van der Waals surface area contributed by atoms with E-state index in [0.717, 1.165) is 23.1 Å². The summed E-state index contributed by atoms with van der Waals surface area (Å²) in [5.74, 6) is 1.09. The van der Waals surface area contributed by atoms with Gasteiger partial charge in [0.1, 0.15) is 5.82 Å². The first kappa shape index (κ1) is 11.8. The van der Waals surface area contributed by atoms with Gasteiger partial charge in [-0.25, -0.2) is 14.1 Å². The Balaban J connectivity index is 2.32. The van der Waals surface area contributed by atoms with Crippen LogP contribution in [0.4, 0.5) is 4.39 Å². The zero-order valence-electron chi connectivity index (χ0n) is 10.8. The molecule has 2 heterocycles. The number of fused-ring (bicyclic) bond motifs is 1. The number of pyridine rings is 1. The molecule has 19 heavy (non-hydrogen) atoms. The van der Waals surface area contributed by atoms with E-state index in [2.05, 4.69) is 15.1 Å². The van der Waals surface area contributed by atoms with Gasteiger partial charge in [-0.2, -0.15) is 5.10 Å². The van der Waals surface area contributed by atoms with Crippen molar-refractivity contribution in [2.75, 3.05) is 0 Å². The first-order chi connectivity index (χ1) is 9.19. The van der Waals surface area contributed by atoms with Crippen LogP contribution in [0.25, 0.3) is 22.3 Å².